The van der Waals surface area contributed by atoms with Crippen molar-refractivity contribution in [2.75, 3.05) is 25.5 Å². The molecule has 0 aliphatic carbocycles. The second-order valence-corrected chi connectivity index (χ2v) is 4.55. The molecule has 1 fully saturated rings. The molecule has 1 aliphatic heterocycles. The Hall–Kier alpha value is -1.33. The lowest BCUT2D eigenvalue weighted by Crippen LogP contribution is -2.31. The number of halogens is 1. The molecule has 2 heterocycles. The van der Waals surface area contributed by atoms with Crippen LogP contribution in [0.25, 0.3) is 0 Å². The highest BCUT2D eigenvalue weighted by Gasteiger charge is 2.17. The van der Waals surface area contributed by atoms with E-state index in [1.165, 1.54) is 0 Å². The highest BCUT2D eigenvalue weighted by atomic mass is 35.5. The van der Waals surface area contributed by atoms with Gasteiger partial charge in [0.15, 0.2) is 0 Å². The standard InChI is InChI=1S/C12H16ClN3O2/c1-14-11-6-8(5-10(13)16-11)12(17)15-7-9-3-2-4-18-9/h5-6,9H,2-4,7H2,1H3,(H,14,16)(H,15,17). The number of carbonyl (C=O) groups is 1. The molecular weight excluding hydrogens is 254 g/mol. The van der Waals surface area contributed by atoms with Gasteiger partial charge in [0.2, 0.25) is 0 Å². The number of anilines is 1. The summed E-state index contributed by atoms with van der Waals surface area (Å²) >= 11 is 5.84. The summed E-state index contributed by atoms with van der Waals surface area (Å²) in [6.45, 7) is 1.32. The number of nitrogens with one attached hydrogen (secondary N) is 2. The van der Waals surface area contributed by atoms with Crippen LogP contribution in [0.4, 0.5) is 5.82 Å². The Morgan fingerprint density at radius 2 is 2.44 bits per heavy atom. The summed E-state index contributed by atoms with van der Waals surface area (Å²) in [5.74, 6) is 0.413. The fraction of sp³-hybridized carbons (Fsp3) is 0.500. The lowest BCUT2D eigenvalue weighted by molar-refractivity contribution is 0.0857. The molecular formula is C12H16ClN3O2. The van der Waals surface area contributed by atoms with Gasteiger partial charge in [0.25, 0.3) is 5.91 Å². The van der Waals surface area contributed by atoms with E-state index in [4.69, 9.17) is 16.3 Å². The fourth-order valence-corrected chi connectivity index (χ4v) is 2.08. The van der Waals surface area contributed by atoms with Gasteiger partial charge in [-0.3, -0.25) is 4.79 Å². The van der Waals surface area contributed by atoms with Crippen LogP contribution < -0.4 is 10.6 Å². The van der Waals surface area contributed by atoms with Crippen LogP contribution >= 0.6 is 11.6 Å². The minimum atomic E-state index is -0.161. The average molecular weight is 270 g/mol. The molecule has 6 heteroatoms. The summed E-state index contributed by atoms with van der Waals surface area (Å²) in [5, 5.41) is 6.00. The first-order valence-corrected chi connectivity index (χ1v) is 6.32. The zero-order chi connectivity index (χ0) is 13.0. The number of aromatic nitrogens is 1. The first-order valence-electron chi connectivity index (χ1n) is 5.94. The maximum atomic E-state index is 11.9. The quantitative estimate of drug-likeness (QED) is 0.817. The Morgan fingerprint density at radius 3 is 3.11 bits per heavy atom. The van der Waals surface area contributed by atoms with Crippen LogP contribution in [0.3, 0.4) is 0 Å². The van der Waals surface area contributed by atoms with E-state index in [1.807, 2.05) is 0 Å². The van der Waals surface area contributed by atoms with Gasteiger partial charge in [0.1, 0.15) is 11.0 Å². The van der Waals surface area contributed by atoms with Gasteiger partial charge >= 0.3 is 0 Å². The third-order valence-electron chi connectivity index (χ3n) is 2.83. The number of hydrogen-bond donors (Lipinski definition) is 2. The summed E-state index contributed by atoms with van der Waals surface area (Å²) in [4.78, 5) is 16.0. The van der Waals surface area contributed by atoms with E-state index in [2.05, 4.69) is 15.6 Å². The minimum absolute atomic E-state index is 0.134. The molecule has 2 rings (SSSR count). The van der Waals surface area contributed by atoms with Gasteiger partial charge in [0, 0.05) is 25.8 Å². The predicted octanol–water partition coefficient (Wildman–Crippen LogP) is 1.69. The zero-order valence-corrected chi connectivity index (χ0v) is 11.0. The Balaban J connectivity index is 1.97. The van der Waals surface area contributed by atoms with Gasteiger partial charge in [-0.1, -0.05) is 11.6 Å². The molecule has 0 bridgehead atoms. The molecule has 1 atom stereocenters. The molecule has 1 aromatic rings. The number of carbonyl (C=O) groups excluding carboxylic acids is 1. The van der Waals surface area contributed by atoms with Gasteiger partial charge in [-0.25, -0.2) is 4.98 Å². The fourth-order valence-electron chi connectivity index (χ4n) is 1.87. The first kappa shape index (κ1) is 13.1. The summed E-state index contributed by atoms with van der Waals surface area (Å²) in [5.41, 5.74) is 0.498. The van der Waals surface area contributed by atoms with Crippen LogP contribution in [0.2, 0.25) is 5.15 Å². The Bertz CT molecular complexity index is 433. The molecule has 1 aromatic heterocycles. The maximum Gasteiger partial charge on any atom is 0.251 e. The molecule has 2 N–H and O–H groups in total. The Labute approximate surface area is 111 Å². The van der Waals surface area contributed by atoms with Crippen LogP contribution in [0.1, 0.15) is 23.2 Å². The monoisotopic (exact) mass is 269 g/mol. The molecule has 0 saturated carbocycles. The maximum absolute atomic E-state index is 11.9. The van der Waals surface area contributed by atoms with E-state index in [1.54, 1.807) is 19.2 Å². The van der Waals surface area contributed by atoms with E-state index < -0.39 is 0 Å². The molecule has 5 nitrogen and oxygen atoms in total. The molecule has 1 saturated heterocycles. The van der Waals surface area contributed by atoms with Crippen LogP contribution in [-0.4, -0.2) is 37.2 Å². The summed E-state index contributed by atoms with van der Waals surface area (Å²) in [6, 6.07) is 3.21. The van der Waals surface area contributed by atoms with Crippen molar-refractivity contribution in [1.82, 2.24) is 10.3 Å². The van der Waals surface area contributed by atoms with Crippen molar-refractivity contribution in [3.05, 3.63) is 22.8 Å². The SMILES string of the molecule is CNc1cc(C(=O)NCC2CCCO2)cc(Cl)n1. The van der Waals surface area contributed by atoms with Gasteiger partial charge < -0.3 is 15.4 Å². The average Bonchev–Trinajstić information content (AvgIpc) is 2.88. The van der Waals surface area contributed by atoms with E-state index in [0.29, 0.717) is 23.1 Å². The molecule has 0 spiro atoms. The Morgan fingerprint density at radius 1 is 1.61 bits per heavy atom. The molecule has 0 aromatic carbocycles. The van der Waals surface area contributed by atoms with Crippen molar-refractivity contribution < 1.29 is 9.53 Å². The largest absolute Gasteiger partial charge is 0.376 e. The Kier molecular flexibility index (Phi) is 4.38. The van der Waals surface area contributed by atoms with Gasteiger partial charge in [-0.15, -0.1) is 0 Å². The van der Waals surface area contributed by atoms with Gasteiger partial charge in [-0.2, -0.15) is 0 Å². The van der Waals surface area contributed by atoms with Crippen molar-refractivity contribution in [1.29, 1.82) is 0 Å². The highest BCUT2D eigenvalue weighted by molar-refractivity contribution is 6.29. The van der Waals surface area contributed by atoms with Crippen molar-refractivity contribution in [3.63, 3.8) is 0 Å². The van der Waals surface area contributed by atoms with Crippen molar-refractivity contribution in [2.45, 2.75) is 18.9 Å². The topological polar surface area (TPSA) is 63.2 Å². The summed E-state index contributed by atoms with van der Waals surface area (Å²) in [6.07, 6.45) is 2.19. The molecule has 1 aliphatic rings. The van der Waals surface area contributed by atoms with Crippen LogP contribution in [0, 0.1) is 0 Å². The second kappa shape index (κ2) is 6.02. The van der Waals surface area contributed by atoms with E-state index in [0.717, 1.165) is 19.4 Å². The number of pyridine rings is 1. The normalized spacial score (nSPS) is 18.7. The number of rotatable bonds is 4. The van der Waals surface area contributed by atoms with E-state index in [-0.39, 0.29) is 12.0 Å². The zero-order valence-electron chi connectivity index (χ0n) is 10.2. The lowest BCUT2D eigenvalue weighted by atomic mass is 10.2. The summed E-state index contributed by atoms with van der Waals surface area (Å²) < 4.78 is 5.44. The highest BCUT2D eigenvalue weighted by Crippen LogP contribution is 2.15. The molecule has 1 unspecified atom stereocenters. The number of hydrogen-bond acceptors (Lipinski definition) is 4. The van der Waals surface area contributed by atoms with Crippen LogP contribution in [-0.2, 0) is 4.74 Å². The molecule has 18 heavy (non-hydrogen) atoms. The van der Waals surface area contributed by atoms with Crippen LogP contribution in [0.5, 0.6) is 0 Å². The number of nitrogens with zero attached hydrogens (tertiary/aromatic N) is 1. The van der Waals surface area contributed by atoms with Crippen LogP contribution in [0.15, 0.2) is 12.1 Å². The number of ether oxygens (including phenoxy) is 1. The van der Waals surface area contributed by atoms with E-state index >= 15 is 0 Å². The van der Waals surface area contributed by atoms with Gasteiger partial charge in [-0.05, 0) is 25.0 Å². The smallest absolute Gasteiger partial charge is 0.251 e. The number of amides is 1. The minimum Gasteiger partial charge on any atom is -0.376 e. The molecule has 0 radical (unpaired) electrons. The molecule has 98 valence electrons. The van der Waals surface area contributed by atoms with Crippen molar-refractivity contribution in [3.8, 4) is 0 Å². The first-order chi connectivity index (χ1) is 8.69. The summed E-state index contributed by atoms with van der Waals surface area (Å²) in [7, 11) is 1.73. The third kappa shape index (κ3) is 3.34. The predicted molar refractivity (Wildman–Crippen MR) is 70.1 cm³/mol. The second-order valence-electron chi connectivity index (χ2n) is 4.16. The lowest BCUT2D eigenvalue weighted by Gasteiger charge is -2.11. The van der Waals surface area contributed by atoms with Crippen molar-refractivity contribution >= 4 is 23.3 Å². The molecule has 1 amide bonds. The van der Waals surface area contributed by atoms with Gasteiger partial charge in [0.05, 0.1) is 6.10 Å². The van der Waals surface area contributed by atoms with Crippen molar-refractivity contribution in [2.24, 2.45) is 0 Å². The van der Waals surface area contributed by atoms with E-state index in [9.17, 15) is 4.79 Å². The third-order valence-corrected chi connectivity index (χ3v) is 3.02.